The number of aliphatic hydroxyl groups excluding tert-OH is 1. The summed E-state index contributed by atoms with van der Waals surface area (Å²) in [6, 6.07) is 14.2. The summed E-state index contributed by atoms with van der Waals surface area (Å²) in [4.78, 5) is 33.2. The van der Waals surface area contributed by atoms with E-state index in [2.05, 4.69) is 4.74 Å². The van der Waals surface area contributed by atoms with Crippen LogP contribution in [0.25, 0.3) is 21.8 Å². The van der Waals surface area contributed by atoms with Crippen LogP contribution in [0.1, 0.15) is 21.5 Å². The van der Waals surface area contributed by atoms with Crippen molar-refractivity contribution in [1.29, 1.82) is 0 Å². The van der Waals surface area contributed by atoms with Crippen molar-refractivity contribution in [3.8, 4) is 11.5 Å². The van der Waals surface area contributed by atoms with Crippen LogP contribution in [0.15, 0.2) is 54.6 Å². The van der Waals surface area contributed by atoms with Gasteiger partial charge in [-0.3, -0.25) is 4.79 Å². The minimum absolute atomic E-state index is 0.0249. The van der Waals surface area contributed by atoms with Crippen LogP contribution < -0.4 is 15.4 Å². The summed E-state index contributed by atoms with van der Waals surface area (Å²) in [5, 5.41) is 19.4. The highest BCUT2D eigenvalue weighted by Crippen LogP contribution is 2.40. The van der Waals surface area contributed by atoms with Gasteiger partial charge in [0.1, 0.15) is 5.75 Å². The Hall–Kier alpha value is -4.22. The average molecular weight is 486 g/mol. The molecule has 0 bridgehead atoms. The number of benzene rings is 3. The van der Waals surface area contributed by atoms with E-state index in [-0.39, 0.29) is 30.2 Å². The molecule has 0 atom stereocenters. The Morgan fingerprint density at radius 3 is 2.46 bits per heavy atom. The normalized spacial score (nSPS) is 11.3. The molecule has 11 heteroatoms. The van der Waals surface area contributed by atoms with Crippen molar-refractivity contribution in [2.75, 3.05) is 6.61 Å². The number of carbonyl (C=O) groups is 2. The minimum atomic E-state index is -3.02. The number of rotatable bonds is 10. The van der Waals surface area contributed by atoms with Crippen LogP contribution in [0.3, 0.4) is 0 Å². The van der Waals surface area contributed by atoms with E-state index in [1.54, 1.807) is 41.0 Å². The Labute approximate surface area is 196 Å². The first-order valence-electron chi connectivity index (χ1n) is 10.3. The van der Waals surface area contributed by atoms with Gasteiger partial charge in [-0.15, -0.1) is 0 Å². The highest BCUT2D eigenvalue weighted by Gasteiger charge is 2.22. The van der Waals surface area contributed by atoms with Gasteiger partial charge in [0.25, 0.3) is 0 Å². The van der Waals surface area contributed by atoms with Gasteiger partial charge < -0.3 is 30.1 Å². The summed E-state index contributed by atoms with van der Waals surface area (Å²) >= 11 is 0. The minimum Gasteiger partial charge on any atom is -0.479 e. The predicted octanol–water partition coefficient (Wildman–Crippen LogP) is 3.43. The largest absolute Gasteiger partial charge is 0.479 e. The second-order valence-electron chi connectivity index (χ2n) is 7.52. The van der Waals surface area contributed by atoms with Gasteiger partial charge in [0, 0.05) is 16.5 Å². The maximum atomic E-state index is 13.0. The van der Waals surface area contributed by atoms with Gasteiger partial charge in [0.2, 0.25) is 5.91 Å². The Kier molecular flexibility index (Phi) is 6.80. The lowest BCUT2D eigenvalue weighted by atomic mass is 10.0. The van der Waals surface area contributed by atoms with Gasteiger partial charge in [0.05, 0.1) is 29.6 Å². The molecule has 1 heterocycles. The number of aromatic nitrogens is 1. The van der Waals surface area contributed by atoms with Crippen molar-refractivity contribution in [3.05, 3.63) is 71.3 Å². The molecule has 9 nitrogen and oxygen atoms in total. The summed E-state index contributed by atoms with van der Waals surface area (Å²) in [5.74, 6) is -1.97. The number of primary amides is 1. The second kappa shape index (κ2) is 9.95. The average Bonchev–Trinajstić information content (AvgIpc) is 3.13. The smallest absolute Gasteiger partial charge is 0.387 e. The number of hydrogen-bond donors (Lipinski definition) is 3. The summed E-state index contributed by atoms with van der Waals surface area (Å²) < 4.78 is 32.3. The van der Waals surface area contributed by atoms with Gasteiger partial charge >= 0.3 is 12.6 Å². The third-order valence-corrected chi connectivity index (χ3v) is 5.31. The molecule has 1 aromatic heterocycles. The van der Waals surface area contributed by atoms with E-state index in [0.717, 1.165) is 0 Å². The van der Waals surface area contributed by atoms with Crippen LogP contribution in [0.2, 0.25) is 0 Å². The van der Waals surface area contributed by atoms with Crippen molar-refractivity contribution < 1.29 is 43.1 Å². The van der Waals surface area contributed by atoms with Crippen LogP contribution in [0, 0.1) is 0 Å². The van der Waals surface area contributed by atoms with Crippen molar-refractivity contribution in [1.82, 2.24) is 4.57 Å². The maximum Gasteiger partial charge on any atom is 0.387 e. The number of amides is 1. The van der Waals surface area contributed by atoms with Gasteiger partial charge in [-0.05, 0) is 35.9 Å². The van der Waals surface area contributed by atoms with Crippen molar-refractivity contribution in [2.24, 2.45) is 5.73 Å². The molecule has 4 aromatic rings. The highest BCUT2D eigenvalue weighted by molar-refractivity contribution is 6.19. The number of para-hydroxylation sites is 1. The molecular weight excluding hydrogens is 466 g/mol. The number of ether oxygens (including phenoxy) is 1. The molecule has 0 aliphatic heterocycles. The first-order valence-corrected chi connectivity index (χ1v) is 10.3. The second-order valence-corrected chi connectivity index (χ2v) is 7.52. The third kappa shape index (κ3) is 4.86. The number of carboxylic acid groups (broad SMARTS) is 1. The van der Waals surface area contributed by atoms with Gasteiger partial charge in [0.15, 0.2) is 12.4 Å². The molecule has 0 fully saturated rings. The molecular formula is C24H20F2N2O7. The number of aliphatic hydroxyl groups is 1. The number of halogens is 2. The van der Waals surface area contributed by atoms with E-state index in [0.29, 0.717) is 32.9 Å². The molecule has 0 spiro atoms. The van der Waals surface area contributed by atoms with Crippen molar-refractivity contribution in [2.45, 2.75) is 19.8 Å². The van der Waals surface area contributed by atoms with Crippen molar-refractivity contribution in [3.63, 3.8) is 0 Å². The summed E-state index contributed by atoms with van der Waals surface area (Å²) in [5.41, 5.74) is 7.57. The third-order valence-electron chi connectivity index (χ3n) is 5.31. The van der Waals surface area contributed by atoms with Crippen LogP contribution in [0.4, 0.5) is 8.78 Å². The Bertz CT molecular complexity index is 1420. The summed E-state index contributed by atoms with van der Waals surface area (Å²) in [6.45, 7) is -4.12. The lowest BCUT2D eigenvalue weighted by molar-refractivity contribution is -0.212. The Morgan fingerprint density at radius 1 is 1.00 bits per heavy atom. The number of hydrogen-bond acceptors (Lipinski definition) is 6. The zero-order valence-electron chi connectivity index (χ0n) is 18.1. The van der Waals surface area contributed by atoms with Crippen LogP contribution in [-0.2, 0) is 22.8 Å². The van der Waals surface area contributed by atoms with Crippen LogP contribution in [0.5, 0.6) is 11.5 Å². The fourth-order valence-electron chi connectivity index (χ4n) is 3.97. The molecule has 0 radical (unpaired) electrons. The number of nitrogens with two attached hydrogens (primary N) is 1. The standard InChI is InChI=1S/C24H20F2N2O7/c25-24(26)34-18-7-2-1-4-14(18)10-28-16-6-3-5-15(23(27)32)21(16)22-17(28)8-13(11-29)9-19(22)35-33-12-20(30)31/h1-9,24,29H,10-12H2,(H2,27,32)(H,30,31). The quantitative estimate of drug-likeness (QED) is 0.231. The van der Waals surface area contributed by atoms with E-state index in [1.165, 1.54) is 18.2 Å². The number of fused-ring (bicyclic) bond motifs is 3. The van der Waals surface area contributed by atoms with Gasteiger partial charge in [-0.2, -0.15) is 13.7 Å². The van der Waals surface area contributed by atoms with E-state index in [1.807, 2.05) is 0 Å². The highest BCUT2D eigenvalue weighted by atomic mass is 19.3. The molecule has 35 heavy (non-hydrogen) atoms. The van der Waals surface area contributed by atoms with Gasteiger partial charge in [-0.1, -0.05) is 24.3 Å². The van der Waals surface area contributed by atoms with E-state index < -0.39 is 25.1 Å². The molecule has 4 rings (SSSR count). The number of carbonyl (C=O) groups excluding carboxylic acids is 1. The predicted molar refractivity (Wildman–Crippen MR) is 120 cm³/mol. The van der Waals surface area contributed by atoms with Crippen LogP contribution in [-0.4, -0.2) is 39.9 Å². The molecule has 0 saturated heterocycles. The molecule has 1 amide bonds. The topological polar surface area (TPSA) is 133 Å². The van der Waals surface area contributed by atoms with Crippen molar-refractivity contribution >= 4 is 33.7 Å². The monoisotopic (exact) mass is 486 g/mol. The summed E-state index contributed by atoms with van der Waals surface area (Å²) in [6.07, 6.45) is 0. The molecule has 182 valence electrons. The van der Waals surface area contributed by atoms with Gasteiger partial charge in [-0.25, -0.2) is 4.79 Å². The molecule has 0 saturated carbocycles. The lowest BCUT2D eigenvalue weighted by Crippen LogP contribution is -2.11. The number of carboxylic acids is 1. The first kappa shape index (κ1) is 23.9. The zero-order valence-corrected chi connectivity index (χ0v) is 18.1. The van der Waals surface area contributed by atoms with E-state index in [4.69, 9.17) is 20.6 Å². The maximum absolute atomic E-state index is 13.0. The molecule has 0 aliphatic rings. The fourth-order valence-corrected chi connectivity index (χ4v) is 3.97. The number of alkyl halides is 2. The number of aliphatic carboxylic acids is 1. The first-order chi connectivity index (χ1) is 16.8. The molecule has 4 N–H and O–H groups in total. The fraction of sp³-hybridized carbons (Fsp3) is 0.167. The Balaban J connectivity index is 1.99. The number of nitrogens with zero attached hydrogens (tertiary/aromatic N) is 1. The van der Waals surface area contributed by atoms with E-state index in [9.17, 15) is 23.5 Å². The lowest BCUT2D eigenvalue weighted by Gasteiger charge is -2.14. The zero-order chi connectivity index (χ0) is 25.1. The van der Waals surface area contributed by atoms with Crippen LogP contribution >= 0.6 is 0 Å². The molecule has 0 unspecified atom stereocenters. The SMILES string of the molecule is NC(=O)c1cccc2c1c1c(OOCC(=O)O)cc(CO)cc1n2Cc1ccccc1OC(F)F. The van der Waals surface area contributed by atoms with E-state index >= 15 is 0 Å². The Morgan fingerprint density at radius 2 is 1.77 bits per heavy atom. The summed E-state index contributed by atoms with van der Waals surface area (Å²) in [7, 11) is 0. The molecule has 0 aliphatic carbocycles. The molecule has 3 aromatic carbocycles.